The van der Waals surface area contributed by atoms with Crippen LogP contribution in [0.2, 0.25) is 0 Å². The minimum Gasteiger partial charge on any atom is -0.490 e. The van der Waals surface area contributed by atoms with E-state index in [1.54, 1.807) is 31.2 Å². The third kappa shape index (κ3) is 3.86. The van der Waals surface area contributed by atoms with Gasteiger partial charge in [-0.2, -0.15) is 0 Å². The van der Waals surface area contributed by atoms with Gasteiger partial charge in [-0.25, -0.2) is 8.42 Å². The number of anilines is 1. The van der Waals surface area contributed by atoms with Crippen molar-refractivity contribution in [3.05, 3.63) is 24.3 Å². The van der Waals surface area contributed by atoms with Gasteiger partial charge in [-0.05, 0) is 19.1 Å². The Balaban J connectivity index is 2.54. The summed E-state index contributed by atoms with van der Waals surface area (Å²) in [4.78, 5) is 4.76. The van der Waals surface area contributed by atoms with E-state index in [9.17, 15) is 8.42 Å². The van der Waals surface area contributed by atoms with Gasteiger partial charge in [-0.15, -0.1) is 0 Å². The van der Waals surface area contributed by atoms with E-state index in [0.29, 0.717) is 11.4 Å². The number of sulfonamides is 1. The van der Waals surface area contributed by atoms with E-state index < -0.39 is 10.0 Å². The molecule has 6 nitrogen and oxygen atoms in total. The molecule has 0 aliphatic heterocycles. The van der Waals surface area contributed by atoms with Crippen molar-refractivity contribution in [1.29, 1.82) is 0 Å². The molecule has 1 aromatic rings. The van der Waals surface area contributed by atoms with Gasteiger partial charge in [0.25, 0.3) is 0 Å². The highest BCUT2D eigenvalue weighted by molar-refractivity contribution is 7.88. The number of para-hydroxylation sites is 2. The molecule has 0 spiro atoms. The van der Waals surface area contributed by atoms with Gasteiger partial charge in [0.2, 0.25) is 10.0 Å². The lowest BCUT2D eigenvalue weighted by Crippen LogP contribution is -2.33. The van der Waals surface area contributed by atoms with Crippen LogP contribution < -0.4 is 10.5 Å². The Hall–Kier alpha value is -1.31. The van der Waals surface area contributed by atoms with Gasteiger partial charge in [0.05, 0.1) is 12.8 Å². The van der Waals surface area contributed by atoms with Gasteiger partial charge >= 0.3 is 0 Å². The second-order valence-electron chi connectivity index (χ2n) is 3.50. The molecule has 0 aliphatic rings. The standard InChI is InChI=1S/C11H18N2O4S/c1-3-13(16-2)18(14,15)9-8-17-11-7-5-4-6-10(11)12/h4-7H,3,8-9,12H2,1-2H3. The molecule has 0 aromatic heterocycles. The topological polar surface area (TPSA) is 81.9 Å². The van der Waals surface area contributed by atoms with Gasteiger partial charge in [0.1, 0.15) is 18.1 Å². The first-order valence-electron chi connectivity index (χ1n) is 5.53. The molecule has 0 heterocycles. The molecule has 0 aliphatic carbocycles. The van der Waals surface area contributed by atoms with Gasteiger partial charge in [0, 0.05) is 6.54 Å². The number of benzene rings is 1. The summed E-state index contributed by atoms with van der Waals surface area (Å²) in [5.74, 6) is 0.316. The van der Waals surface area contributed by atoms with Gasteiger partial charge in [-0.1, -0.05) is 16.6 Å². The lowest BCUT2D eigenvalue weighted by atomic mass is 10.3. The number of nitrogen functional groups attached to an aromatic ring is 1. The Morgan fingerprint density at radius 2 is 2.00 bits per heavy atom. The minimum atomic E-state index is -3.46. The maximum Gasteiger partial charge on any atom is 0.239 e. The van der Waals surface area contributed by atoms with Crippen molar-refractivity contribution in [2.75, 3.05) is 31.7 Å². The van der Waals surface area contributed by atoms with Crippen LogP contribution in [0.25, 0.3) is 0 Å². The van der Waals surface area contributed by atoms with Gasteiger partial charge in [-0.3, -0.25) is 4.84 Å². The largest absolute Gasteiger partial charge is 0.490 e. The lowest BCUT2D eigenvalue weighted by molar-refractivity contribution is -0.0444. The SMILES string of the molecule is CCN(OC)S(=O)(=O)CCOc1ccccc1N. The fourth-order valence-corrected chi connectivity index (χ4v) is 2.53. The Labute approximate surface area is 107 Å². The van der Waals surface area contributed by atoms with E-state index in [1.807, 2.05) is 0 Å². The van der Waals surface area contributed by atoms with Gasteiger partial charge < -0.3 is 10.5 Å². The molecule has 0 saturated heterocycles. The molecule has 1 rings (SSSR count). The van der Waals surface area contributed by atoms with E-state index in [1.165, 1.54) is 7.11 Å². The quantitative estimate of drug-likeness (QED) is 0.589. The number of hydroxylamine groups is 1. The van der Waals surface area contributed by atoms with E-state index >= 15 is 0 Å². The fraction of sp³-hybridized carbons (Fsp3) is 0.455. The lowest BCUT2D eigenvalue weighted by Gasteiger charge is -2.17. The number of hydrogen-bond acceptors (Lipinski definition) is 5. The highest BCUT2D eigenvalue weighted by Gasteiger charge is 2.20. The normalized spacial score (nSPS) is 11.7. The van der Waals surface area contributed by atoms with E-state index in [-0.39, 0.29) is 18.9 Å². The zero-order valence-corrected chi connectivity index (χ0v) is 11.3. The van der Waals surface area contributed by atoms with Crippen LogP contribution in [0.4, 0.5) is 5.69 Å². The molecule has 0 saturated carbocycles. The molecule has 0 unspecified atom stereocenters. The summed E-state index contributed by atoms with van der Waals surface area (Å²) in [5.41, 5.74) is 6.15. The van der Waals surface area contributed by atoms with Crippen molar-refractivity contribution < 1.29 is 18.0 Å². The second kappa shape index (κ2) is 6.58. The summed E-state index contributed by atoms with van der Waals surface area (Å²) in [6, 6.07) is 6.93. The molecule has 7 heteroatoms. The first kappa shape index (κ1) is 14.7. The summed E-state index contributed by atoms with van der Waals surface area (Å²) >= 11 is 0. The third-order valence-electron chi connectivity index (χ3n) is 2.29. The highest BCUT2D eigenvalue weighted by Crippen LogP contribution is 2.19. The monoisotopic (exact) mass is 274 g/mol. The van der Waals surface area contributed by atoms with E-state index in [2.05, 4.69) is 0 Å². The second-order valence-corrected chi connectivity index (χ2v) is 5.48. The van der Waals surface area contributed by atoms with Crippen molar-refractivity contribution >= 4 is 15.7 Å². The average molecular weight is 274 g/mol. The zero-order chi connectivity index (χ0) is 13.6. The Morgan fingerprint density at radius 1 is 1.33 bits per heavy atom. The summed E-state index contributed by atoms with van der Waals surface area (Å²) in [6.07, 6.45) is 0. The third-order valence-corrected chi connectivity index (χ3v) is 4.00. The average Bonchev–Trinajstić information content (AvgIpc) is 2.32. The summed E-state index contributed by atoms with van der Waals surface area (Å²) < 4.78 is 29.8. The summed E-state index contributed by atoms with van der Waals surface area (Å²) in [6.45, 7) is 1.97. The molecule has 0 radical (unpaired) electrons. The van der Waals surface area contributed by atoms with Gasteiger partial charge in [0.15, 0.2) is 0 Å². The number of hydrogen-bond donors (Lipinski definition) is 1. The van der Waals surface area contributed by atoms with Crippen LogP contribution in [0, 0.1) is 0 Å². The highest BCUT2D eigenvalue weighted by atomic mass is 32.2. The van der Waals surface area contributed by atoms with Crippen molar-refractivity contribution in [2.45, 2.75) is 6.92 Å². The van der Waals surface area contributed by atoms with Crippen molar-refractivity contribution in [3.8, 4) is 5.75 Å². The van der Waals surface area contributed by atoms with Crippen molar-refractivity contribution in [3.63, 3.8) is 0 Å². The Kier molecular flexibility index (Phi) is 5.39. The first-order chi connectivity index (χ1) is 8.51. The summed E-state index contributed by atoms with van der Waals surface area (Å²) in [7, 11) is -2.14. The fourth-order valence-electron chi connectivity index (χ4n) is 1.41. The molecule has 2 N–H and O–H groups in total. The Morgan fingerprint density at radius 3 is 2.56 bits per heavy atom. The van der Waals surface area contributed by atoms with Crippen LogP contribution in [0.5, 0.6) is 5.75 Å². The van der Waals surface area contributed by atoms with Crippen LogP contribution >= 0.6 is 0 Å². The van der Waals surface area contributed by atoms with Crippen LogP contribution in [0.3, 0.4) is 0 Å². The molecular weight excluding hydrogens is 256 g/mol. The van der Waals surface area contributed by atoms with Crippen LogP contribution in [-0.2, 0) is 14.9 Å². The zero-order valence-electron chi connectivity index (χ0n) is 10.5. The minimum absolute atomic E-state index is 0.0242. The molecule has 18 heavy (non-hydrogen) atoms. The van der Waals surface area contributed by atoms with Crippen molar-refractivity contribution in [2.24, 2.45) is 0 Å². The smallest absolute Gasteiger partial charge is 0.239 e. The molecule has 1 aromatic carbocycles. The number of ether oxygens (including phenoxy) is 1. The van der Waals surface area contributed by atoms with Crippen molar-refractivity contribution in [1.82, 2.24) is 4.47 Å². The molecule has 0 bridgehead atoms. The molecular formula is C11H18N2O4S. The molecule has 102 valence electrons. The maximum atomic E-state index is 11.8. The van der Waals surface area contributed by atoms with Crippen LogP contribution in [-0.4, -0.2) is 38.9 Å². The predicted octanol–water partition coefficient (Wildman–Crippen LogP) is 0.861. The van der Waals surface area contributed by atoms with E-state index in [4.69, 9.17) is 15.3 Å². The molecule has 0 atom stereocenters. The van der Waals surface area contributed by atoms with Crippen LogP contribution in [0.1, 0.15) is 6.92 Å². The predicted molar refractivity (Wildman–Crippen MR) is 69.5 cm³/mol. The first-order valence-corrected chi connectivity index (χ1v) is 7.14. The van der Waals surface area contributed by atoms with Crippen LogP contribution in [0.15, 0.2) is 24.3 Å². The maximum absolute atomic E-state index is 11.8. The molecule has 0 fully saturated rings. The Bertz CT molecular complexity index is 472. The van der Waals surface area contributed by atoms with E-state index in [0.717, 1.165) is 4.47 Å². The molecule has 0 amide bonds. The number of nitrogens with two attached hydrogens (primary N) is 1. The number of rotatable bonds is 7. The number of nitrogens with zero attached hydrogens (tertiary/aromatic N) is 1. The summed E-state index contributed by atoms with van der Waals surface area (Å²) in [5, 5.41) is 0.